The number of hydrogen-bond acceptors (Lipinski definition) is 5. The Hall–Kier alpha value is -3.07. The fraction of sp³-hybridized carbons (Fsp3) is 0.462. The van der Waals surface area contributed by atoms with Crippen LogP contribution in [0.25, 0.3) is 0 Å². The van der Waals surface area contributed by atoms with Gasteiger partial charge in [-0.3, -0.25) is 4.79 Å². The SMILES string of the molecule is CCN(c1ccc(C(C)(C)CC(=O)O)cc1NC(=O)Nc1ccc(C)cc1)C1CCS(=O)(=O)CC1. The zero-order chi connectivity index (χ0) is 25.8. The lowest BCUT2D eigenvalue weighted by molar-refractivity contribution is -0.138. The predicted molar refractivity (Wildman–Crippen MR) is 140 cm³/mol. The van der Waals surface area contributed by atoms with E-state index in [9.17, 15) is 23.1 Å². The van der Waals surface area contributed by atoms with Gasteiger partial charge in [-0.25, -0.2) is 13.2 Å². The Morgan fingerprint density at radius 3 is 2.26 bits per heavy atom. The minimum atomic E-state index is -3.01. The van der Waals surface area contributed by atoms with Crippen molar-refractivity contribution in [2.24, 2.45) is 0 Å². The van der Waals surface area contributed by atoms with Crippen molar-refractivity contribution >= 4 is 38.9 Å². The Kier molecular flexibility index (Phi) is 8.10. The number of carbonyl (C=O) groups excluding carboxylic acids is 1. The second kappa shape index (κ2) is 10.7. The molecule has 2 amide bonds. The van der Waals surface area contributed by atoms with Crippen molar-refractivity contribution in [3.63, 3.8) is 0 Å². The number of urea groups is 1. The highest BCUT2D eigenvalue weighted by Crippen LogP contribution is 2.36. The number of aliphatic carboxylic acids is 1. The maximum absolute atomic E-state index is 12.9. The fourth-order valence-electron chi connectivity index (χ4n) is 4.52. The second-order valence-electron chi connectivity index (χ2n) is 9.80. The van der Waals surface area contributed by atoms with E-state index in [-0.39, 0.29) is 24.0 Å². The van der Waals surface area contributed by atoms with Crippen molar-refractivity contribution in [3.05, 3.63) is 53.6 Å². The average Bonchev–Trinajstić information content (AvgIpc) is 2.76. The summed E-state index contributed by atoms with van der Waals surface area (Å²) in [6.45, 7) is 8.32. The van der Waals surface area contributed by atoms with Gasteiger partial charge in [0.2, 0.25) is 0 Å². The molecule has 35 heavy (non-hydrogen) atoms. The zero-order valence-corrected chi connectivity index (χ0v) is 21.6. The van der Waals surface area contributed by atoms with Crippen LogP contribution in [-0.4, -0.2) is 49.6 Å². The molecule has 1 fully saturated rings. The molecule has 9 heteroatoms. The molecular formula is C26H35N3O5S. The van der Waals surface area contributed by atoms with Crippen LogP contribution >= 0.6 is 0 Å². The highest BCUT2D eigenvalue weighted by molar-refractivity contribution is 7.91. The summed E-state index contributed by atoms with van der Waals surface area (Å²) in [5.41, 5.74) is 3.22. The van der Waals surface area contributed by atoms with Crippen molar-refractivity contribution in [2.75, 3.05) is 33.6 Å². The van der Waals surface area contributed by atoms with Gasteiger partial charge in [0.25, 0.3) is 0 Å². The van der Waals surface area contributed by atoms with E-state index in [2.05, 4.69) is 15.5 Å². The number of carboxylic acids is 1. The van der Waals surface area contributed by atoms with Crippen LogP contribution in [-0.2, 0) is 20.0 Å². The lowest BCUT2D eigenvalue weighted by atomic mass is 9.81. The summed E-state index contributed by atoms with van der Waals surface area (Å²) >= 11 is 0. The first-order valence-electron chi connectivity index (χ1n) is 11.9. The first-order valence-corrected chi connectivity index (χ1v) is 13.7. The molecule has 190 valence electrons. The van der Waals surface area contributed by atoms with Crippen LogP contribution in [0.4, 0.5) is 21.9 Å². The number of carboxylic acid groups (broad SMARTS) is 1. The number of rotatable bonds is 8. The Bertz CT molecular complexity index is 1160. The van der Waals surface area contributed by atoms with E-state index < -0.39 is 27.3 Å². The van der Waals surface area contributed by atoms with Crippen molar-refractivity contribution in [3.8, 4) is 0 Å². The van der Waals surface area contributed by atoms with Gasteiger partial charge in [-0.2, -0.15) is 0 Å². The van der Waals surface area contributed by atoms with Crippen LogP contribution < -0.4 is 15.5 Å². The molecule has 2 aromatic rings. The van der Waals surface area contributed by atoms with E-state index >= 15 is 0 Å². The van der Waals surface area contributed by atoms with E-state index in [0.717, 1.165) is 16.8 Å². The van der Waals surface area contributed by atoms with Crippen LogP contribution in [0.5, 0.6) is 0 Å². The van der Waals surface area contributed by atoms with Gasteiger partial charge in [-0.05, 0) is 56.5 Å². The lowest BCUT2D eigenvalue weighted by Gasteiger charge is -2.37. The number of anilines is 3. The summed E-state index contributed by atoms with van der Waals surface area (Å²) < 4.78 is 23.9. The summed E-state index contributed by atoms with van der Waals surface area (Å²) in [6, 6.07) is 12.7. The minimum absolute atomic E-state index is 0.0297. The second-order valence-corrected chi connectivity index (χ2v) is 12.1. The quantitative estimate of drug-likeness (QED) is 0.479. The third-order valence-electron chi connectivity index (χ3n) is 6.54. The van der Waals surface area contributed by atoms with Gasteiger partial charge in [-0.1, -0.05) is 37.6 Å². The Morgan fingerprint density at radius 2 is 1.69 bits per heavy atom. The molecule has 1 aliphatic rings. The van der Waals surface area contributed by atoms with Gasteiger partial charge < -0.3 is 20.6 Å². The highest BCUT2D eigenvalue weighted by Gasteiger charge is 2.30. The number of hydrogen-bond donors (Lipinski definition) is 3. The number of sulfone groups is 1. The molecule has 3 rings (SSSR count). The molecule has 0 unspecified atom stereocenters. The number of carbonyl (C=O) groups is 2. The van der Waals surface area contributed by atoms with Crippen molar-refractivity contribution in [1.29, 1.82) is 0 Å². The third kappa shape index (κ3) is 6.97. The van der Waals surface area contributed by atoms with Gasteiger partial charge in [-0.15, -0.1) is 0 Å². The topological polar surface area (TPSA) is 116 Å². The number of nitrogens with one attached hydrogen (secondary N) is 2. The van der Waals surface area contributed by atoms with Crippen LogP contribution in [0.15, 0.2) is 42.5 Å². The monoisotopic (exact) mass is 501 g/mol. The van der Waals surface area contributed by atoms with E-state index in [1.165, 1.54) is 0 Å². The Morgan fingerprint density at radius 1 is 1.06 bits per heavy atom. The number of nitrogens with zero attached hydrogens (tertiary/aromatic N) is 1. The Labute approximate surface area is 207 Å². The maximum atomic E-state index is 12.9. The number of benzene rings is 2. The molecular weight excluding hydrogens is 466 g/mol. The molecule has 1 aliphatic heterocycles. The molecule has 0 spiro atoms. The predicted octanol–water partition coefficient (Wildman–Crippen LogP) is 4.79. The van der Waals surface area contributed by atoms with Gasteiger partial charge in [0.1, 0.15) is 9.84 Å². The molecule has 3 N–H and O–H groups in total. The van der Waals surface area contributed by atoms with E-state index in [1.807, 2.05) is 70.2 Å². The number of aryl methyl sites for hydroxylation is 1. The van der Waals surface area contributed by atoms with Crippen LogP contribution in [0, 0.1) is 6.92 Å². The lowest BCUT2D eigenvalue weighted by Crippen LogP contribution is -2.42. The normalized spacial score (nSPS) is 15.9. The molecule has 0 saturated carbocycles. The summed E-state index contributed by atoms with van der Waals surface area (Å²) in [5, 5.41) is 15.2. The molecule has 0 atom stereocenters. The van der Waals surface area contributed by atoms with Crippen LogP contribution in [0.1, 0.15) is 51.2 Å². The smallest absolute Gasteiger partial charge is 0.323 e. The molecule has 0 radical (unpaired) electrons. The average molecular weight is 502 g/mol. The van der Waals surface area contributed by atoms with Crippen molar-refractivity contribution in [1.82, 2.24) is 0 Å². The van der Waals surface area contributed by atoms with E-state index in [4.69, 9.17) is 0 Å². The standard InChI is InChI=1S/C26H35N3O5S/c1-5-29(21-12-14-35(33,34)15-13-21)23-11-8-19(26(3,4)17-24(30)31)16-22(23)28-25(32)27-20-9-6-18(2)7-10-20/h6-11,16,21H,5,12-15,17H2,1-4H3,(H,30,31)(H2,27,28,32). The fourth-order valence-corrected chi connectivity index (χ4v) is 5.99. The van der Waals surface area contributed by atoms with E-state index in [0.29, 0.717) is 30.8 Å². The first-order chi connectivity index (χ1) is 16.4. The molecule has 2 aromatic carbocycles. The molecule has 1 saturated heterocycles. The molecule has 8 nitrogen and oxygen atoms in total. The largest absolute Gasteiger partial charge is 0.481 e. The molecule has 1 heterocycles. The molecule has 0 aliphatic carbocycles. The van der Waals surface area contributed by atoms with Gasteiger partial charge >= 0.3 is 12.0 Å². The van der Waals surface area contributed by atoms with Crippen LogP contribution in [0.3, 0.4) is 0 Å². The highest BCUT2D eigenvalue weighted by atomic mass is 32.2. The molecule has 0 bridgehead atoms. The summed E-state index contributed by atoms with van der Waals surface area (Å²) in [5.74, 6) is -0.604. The summed E-state index contributed by atoms with van der Waals surface area (Å²) in [4.78, 5) is 26.5. The maximum Gasteiger partial charge on any atom is 0.323 e. The molecule has 0 aromatic heterocycles. The minimum Gasteiger partial charge on any atom is -0.481 e. The first kappa shape index (κ1) is 26.5. The van der Waals surface area contributed by atoms with Gasteiger partial charge in [0.15, 0.2) is 0 Å². The van der Waals surface area contributed by atoms with Crippen molar-refractivity contribution in [2.45, 2.75) is 58.4 Å². The zero-order valence-electron chi connectivity index (χ0n) is 20.8. The summed E-state index contributed by atoms with van der Waals surface area (Å²) in [6.07, 6.45) is 0.994. The van der Waals surface area contributed by atoms with Crippen LogP contribution in [0.2, 0.25) is 0 Å². The Balaban J connectivity index is 1.94. The summed E-state index contributed by atoms with van der Waals surface area (Å²) in [7, 11) is -3.01. The van der Waals surface area contributed by atoms with Gasteiger partial charge in [0.05, 0.1) is 29.3 Å². The van der Waals surface area contributed by atoms with E-state index in [1.54, 1.807) is 0 Å². The number of amides is 2. The van der Waals surface area contributed by atoms with Gasteiger partial charge in [0, 0.05) is 23.7 Å². The third-order valence-corrected chi connectivity index (χ3v) is 8.26. The van der Waals surface area contributed by atoms with Crippen molar-refractivity contribution < 1.29 is 23.1 Å².